The molecule has 3 heterocycles. The van der Waals surface area contributed by atoms with Crippen molar-refractivity contribution in [3.05, 3.63) is 67.5 Å². The molecular formula is C23H21N7O. The minimum absolute atomic E-state index is 0.120. The first kappa shape index (κ1) is 18.8. The van der Waals surface area contributed by atoms with E-state index in [4.69, 9.17) is 0 Å². The number of carbonyl (C=O) groups excluding carboxylic acids is 1. The van der Waals surface area contributed by atoms with E-state index in [2.05, 4.69) is 44.8 Å². The first-order valence-electron chi connectivity index (χ1n) is 9.84. The maximum atomic E-state index is 11.7. The van der Waals surface area contributed by atoms with Gasteiger partial charge in [0.15, 0.2) is 0 Å². The number of fused-ring (bicyclic) bond motifs is 1. The van der Waals surface area contributed by atoms with Gasteiger partial charge < -0.3 is 5.32 Å². The van der Waals surface area contributed by atoms with Crippen LogP contribution in [0.5, 0.6) is 0 Å². The molecule has 5 rings (SSSR count). The number of benzene rings is 2. The molecular weight excluding hydrogens is 390 g/mol. The summed E-state index contributed by atoms with van der Waals surface area (Å²) in [7, 11) is 3.78. The van der Waals surface area contributed by atoms with Gasteiger partial charge in [0.05, 0.1) is 23.4 Å². The molecule has 2 aromatic carbocycles. The average molecular weight is 411 g/mol. The highest BCUT2D eigenvalue weighted by Crippen LogP contribution is 2.30. The Balaban J connectivity index is 1.62. The minimum Gasteiger partial charge on any atom is -0.326 e. The maximum Gasteiger partial charge on any atom is 0.221 e. The predicted octanol–water partition coefficient (Wildman–Crippen LogP) is 3.78. The van der Waals surface area contributed by atoms with Crippen LogP contribution in [0.1, 0.15) is 6.92 Å². The summed E-state index contributed by atoms with van der Waals surface area (Å²) in [5, 5.41) is 11.4. The highest BCUT2D eigenvalue weighted by Gasteiger charge is 2.11. The molecule has 0 aliphatic heterocycles. The van der Waals surface area contributed by atoms with Crippen molar-refractivity contribution in [3.63, 3.8) is 0 Å². The lowest BCUT2D eigenvalue weighted by Crippen LogP contribution is -2.06. The van der Waals surface area contributed by atoms with Crippen molar-refractivity contribution >= 4 is 22.6 Å². The SMILES string of the molecule is CC(=O)Nc1cc(-c2cnn(C)c2)cc(-n2cnc3cc(-c4cnn(C)c4)ccc32)c1. The third-order valence-electron chi connectivity index (χ3n) is 5.14. The Labute approximate surface area is 178 Å². The first-order valence-corrected chi connectivity index (χ1v) is 9.84. The van der Waals surface area contributed by atoms with Crippen LogP contribution in [0, 0.1) is 0 Å². The number of amides is 1. The van der Waals surface area contributed by atoms with Crippen molar-refractivity contribution in [3.8, 4) is 27.9 Å². The van der Waals surface area contributed by atoms with Gasteiger partial charge in [0.2, 0.25) is 5.91 Å². The number of aromatic nitrogens is 6. The van der Waals surface area contributed by atoms with E-state index in [0.717, 1.165) is 44.7 Å². The molecule has 0 spiro atoms. The Morgan fingerprint density at radius 2 is 1.58 bits per heavy atom. The molecule has 1 amide bonds. The van der Waals surface area contributed by atoms with Crippen LogP contribution in [0.4, 0.5) is 5.69 Å². The third kappa shape index (κ3) is 3.59. The van der Waals surface area contributed by atoms with Crippen molar-refractivity contribution in [2.24, 2.45) is 14.1 Å². The van der Waals surface area contributed by atoms with Crippen LogP contribution in [0.2, 0.25) is 0 Å². The molecule has 0 unspecified atom stereocenters. The molecule has 0 saturated heterocycles. The van der Waals surface area contributed by atoms with Crippen LogP contribution in [0.25, 0.3) is 39.0 Å². The fraction of sp³-hybridized carbons (Fsp3) is 0.130. The molecule has 0 atom stereocenters. The number of hydrogen-bond donors (Lipinski definition) is 1. The lowest BCUT2D eigenvalue weighted by atomic mass is 10.1. The van der Waals surface area contributed by atoms with Gasteiger partial charge in [0.1, 0.15) is 6.33 Å². The Bertz CT molecular complexity index is 1420. The lowest BCUT2D eigenvalue weighted by molar-refractivity contribution is -0.114. The maximum absolute atomic E-state index is 11.7. The monoisotopic (exact) mass is 411 g/mol. The number of rotatable bonds is 4. The fourth-order valence-corrected chi connectivity index (χ4v) is 3.73. The van der Waals surface area contributed by atoms with Gasteiger partial charge in [0.25, 0.3) is 0 Å². The summed E-state index contributed by atoms with van der Waals surface area (Å²) in [5.41, 5.74) is 7.53. The Hall–Kier alpha value is -4.20. The van der Waals surface area contributed by atoms with E-state index in [1.165, 1.54) is 6.92 Å². The number of nitrogens with one attached hydrogen (secondary N) is 1. The van der Waals surface area contributed by atoms with Crippen molar-refractivity contribution in [2.75, 3.05) is 5.32 Å². The smallest absolute Gasteiger partial charge is 0.221 e. The highest BCUT2D eigenvalue weighted by molar-refractivity contribution is 5.91. The Kier molecular flexibility index (Phi) is 4.39. The third-order valence-corrected chi connectivity index (χ3v) is 5.14. The van der Waals surface area contributed by atoms with Crippen molar-refractivity contribution in [2.45, 2.75) is 6.92 Å². The molecule has 0 fully saturated rings. The van der Waals surface area contributed by atoms with Gasteiger partial charge in [-0.1, -0.05) is 6.07 Å². The first-order chi connectivity index (χ1) is 15.0. The second-order valence-corrected chi connectivity index (χ2v) is 7.57. The summed E-state index contributed by atoms with van der Waals surface area (Å²) in [6.45, 7) is 1.50. The summed E-state index contributed by atoms with van der Waals surface area (Å²) in [5.74, 6) is -0.120. The Morgan fingerprint density at radius 1 is 0.871 bits per heavy atom. The van der Waals surface area contributed by atoms with E-state index in [9.17, 15) is 4.79 Å². The van der Waals surface area contributed by atoms with Gasteiger partial charge in [-0.3, -0.25) is 18.7 Å². The van der Waals surface area contributed by atoms with Crippen molar-refractivity contribution < 1.29 is 4.79 Å². The van der Waals surface area contributed by atoms with E-state index < -0.39 is 0 Å². The number of hydrogen-bond acceptors (Lipinski definition) is 4. The summed E-state index contributed by atoms with van der Waals surface area (Å²) >= 11 is 0. The summed E-state index contributed by atoms with van der Waals surface area (Å²) < 4.78 is 5.56. The zero-order valence-electron chi connectivity index (χ0n) is 17.4. The summed E-state index contributed by atoms with van der Waals surface area (Å²) in [4.78, 5) is 16.3. The number of carbonyl (C=O) groups is 1. The minimum atomic E-state index is -0.120. The van der Waals surface area contributed by atoms with E-state index in [1.54, 1.807) is 15.7 Å². The summed E-state index contributed by atoms with van der Waals surface area (Å²) in [6.07, 6.45) is 9.38. The lowest BCUT2D eigenvalue weighted by Gasteiger charge is -2.11. The van der Waals surface area contributed by atoms with Gasteiger partial charge in [-0.25, -0.2) is 4.98 Å². The number of aryl methyl sites for hydroxylation is 2. The zero-order valence-corrected chi connectivity index (χ0v) is 17.4. The van der Waals surface area contributed by atoms with Gasteiger partial charge in [-0.15, -0.1) is 0 Å². The average Bonchev–Trinajstić information content (AvgIpc) is 3.46. The molecule has 5 aromatic rings. The van der Waals surface area contributed by atoms with Crippen LogP contribution < -0.4 is 5.32 Å². The van der Waals surface area contributed by atoms with E-state index in [0.29, 0.717) is 0 Å². The van der Waals surface area contributed by atoms with Crippen molar-refractivity contribution in [1.82, 2.24) is 29.1 Å². The van der Waals surface area contributed by atoms with Gasteiger partial charge in [-0.2, -0.15) is 10.2 Å². The topological polar surface area (TPSA) is 82.6 Å². The largest absolute Gasteiger partial charge is 0.326 e. The van der Waals surface area contributed by atoms with Gasteiger partial charge in [0, 0.05) is 55.9 Å². The molecule has 0 radical (unpaired) electrons. The quantitative estimate of drug-likeness (QED) is 0.488. The van der Waals surface area contributed by atoms with Gasteiger partial charge in [-0.05, 0) is 41.5 Å². The Morgan fingerprint density at radius 3 is 2.23 bits per heavy atom. The normalized spacial score (nSPS) is 11.2. The van der Waals surface area contributed by atoms with Gasteiger partial charge >= 0.3 is 0 Å². The van der Waals surface area contributed by atoms with E-state index in [-0.39, 0.29) is 5.91 Å². The van der Waals surface area contributed by atoms with Crippen LogP contribution in [-0.2, 0) is 18.9 Å². The zero-order chi connectivity index (χ0) is 21.5. The molecule has 31 heavy (non-hydrogen) atoms. The van der Waals surface area contributed by atoms with E-state index >= 15 is 0 Å². The van der Waals surface area contributed by atoms with Crippen LogP contribution in [0.3, 0.4) is 0 Å². The molecule has 154 valence electrons. The van der Waals surface area contributed by atoms with E-state index in [1.807, 2.05) is 55.6 Å². The van der Waals surface area contributed by atoms with Crippen LogP contribution in [0.15, 0.2) is 67.5 Å². The molecule has 0 aliphatic rings. The molecule has 0 saturated carbocycles. The number of anilines is 1. The molecule has 3 aromatic heterocycles. The summed E-state index contributed by atoms with van der Waals surface area (Å²) in [6, 6.07) is 12.1. The second kappa shape index (κ2) is 7.24. The predicted molar refractivity (Wildman–Crippen MR) is 120 cm³/mol. The highest BCUT2D eigenvalue weighted by atomic mass is 16.1. The second-order valence-electron chi connectivity index (χ2n) is 7.57. The molecule has 8 heteroatoms. The van der Waals surface area contributed by atoms with Crippen LogP contribution in [-0.4, -0.2) is 35.0 Å². The molecule has 0 aliphatic carbocycles. The molecule has 0 bridgehead atoms. The number of nitrogens with zero attached hydrogens (tertiary/aromatic N) is 6. The van der Waals surface area contributed by atoms with Crippen molar-refractivity contribution in [1.29, 1.82) is 0 Å². The fourth-order valence-electron chi connectivity index (χ4n) is 3.73. The molecule has 8 nitrogen and oxygen atoms in total. The standard InChI is InChI=1S/C23H21N7O/c1-15(31)27-20-6-17(19-11-26-29(3)13-19)7-21(9-20)30-14-24-22-8-16(4-5-23(22)30)18-10-25-28(2)12-18/h4-14H,1-3H3,(H,27,31). The number of imidazole rings is 1. The van der Waals surface area contributed by atoms with Crippen LogP contribution >= 0.6 is 0 Å². The molecule has 1 N–H and O–H groups in total.